The molecule has 0 radical (unpaired) electrons. The van der Waals surface area contributed by atoms with E-state index in [2.05, 4.69) is 26.6 Å². The number of hydrogen-bond acceptors (Lipinski definition) is 4. The van der Waals surface area contributed by atoms with Crippen LogP contribution in [0.5, 0.6) is 0 Å². The molecular weight excluding hydrogens is 330 g/mol. The molecule has 0 spiro atoms. The molecule has 0 aromatic carbocycles. The summed E-state index contributed by atoms with van der Waals surface area (Å²) in [6.45, 7) is 3.99. The van der Waals surface area contributed by atoms with Gasteiger partial charge >= 0.3 is 0 Å². The first-order valence-electron chi connectivity index (χ1n) is 7.88. The molecule has 5 nitrogen and oxygen atoms in total. The average molecular weight is 354 g/mol. The van der Waals surface area contributed by atoms with Crippen molar-refractivity contribution in [2.45, 2.75) is 49.8 Å². The van der Waals surface area contributed by atoms with Crippen LogP contribution >= 0.6 is 11.3 Å². The summed E-state index contributed by atoms with van der Waals surface area (Å²) in [6, 6.07) is 2.13. The number of nitrogens with one attached hydrogen (secondary N) is 1. The Morgan fingerprint density at radius 3 is 2.57 bits per heavy atom. The van der Waals surface area contributed by atoms with Crippen molar-refractivity contribution >= 4 is 21.4 Å². The number of sulfonamides is 1. The molecule has 2 aromatic rings. The van der Waals surface area contributed by atoms with E-state index in [9.17, 15) is 8.42 Å². The molecule has 23 heavy (non-hydrogen) atoms. The second kappa shape index (κ2) is 6.03. The number of nitrogens with zero attached hydrogens (tertiary/aromatic N) is 2. The minimum absolute atomic E-state index is 0.0584. The van der Waals surface area contributed by atoms with Gasteiger partial charge in [0.15, 0.2) is 0 Å². The zero-order chi connectivity index (χ0) is 16.7. The normalized spacial score (nSPS) is 17.7. The Bertz CT molecular complexity index is 786. The summed E-state index contributed by atoms with van der Waals surface area (Å²) < 4.78 is 30.1. The molecule has 0 atom stereocenters. The molecule has 1 fully saturated rings. The van der Waals surface area contributed by atoms with Crippen LogP contribution in [0.3, 0.4) is 0 Å². The molecule has 3 rings (SSSR count). The molecule has 0 saturated heterocycles. The highest BCUT2D eigenvalue weighted by Gasteiger charge is 2.37. The highest BCUT2D eigenvalue weighted by atomic mass is 32.2. The van der Waals surface area contributed by atoms with Gasteiger partial charge < -0.3 is 0 Å². The van der Waals surface area contributed by atoms with Crippen molar-refractivity contribution in [2.75, 3.05) is 6.54 Å². The van der Waals surface area contributed by atoms with Crippen molar-refractivity contribution in [3.05, 3.63) is 33.8 Å². The van der Waals surface area contributed by atoms with E-state index in [4.69, 9.17) is 0 Å². The highest BCUT2D eigenvalue weighted by molar-refractivity contribution is 7.89. The van der Waals surface area contributed by atoms with Crippen LogP contribution in [-0.2, 0) is 22.5 Å². The lowest BCUT2D eigenvalue weighted by Crippen LogP contribution is -2.39. The maximum atomic E-state index is 12.8. The molecule has 1 saturated carbocycles. The van der Waals surface area contributed by atoms with E-state index in [0.717, 1.165) is 25.7 Å². The Balaban J connectivity index is 1.86. The maximum Gasteiger partial charge on any atom is 0.244 e. The molecule has 2 aromatic heterocycles. The Morgan fingerprint density at radius 2 is 2.04 bits per heavy atom. The van der Waals surface area contributed by atoms with Crippen molar-refractivity contribution in [3.8, 4) is 0 Å². The van der Waals surface area contributed by atoms with Crippen LogP contribution in [0.15, 0.2) is 21.7 Å². The lowest BCUT2D eigenvalue weighted by atomic mass is 9.81. The van der Waals surface area contributed by atoms with E-state index in [-0.39, 0.29) is 5.41 Å². The van der Waals surface area contributed by atoms with Crippen LogP contribution in [0, 0.1) is 13.8 Å². The number of rotatable bonds is 5. The Hall–Kier alpha value is -1.18. The van der Waals surface area contributed by atoms with Crippen LogP contribution in [0.4, 0.5) is 0 Å². The van der Waals surface area contributed by atoms with Gasteiger partial charge in [0.2, 0.25) is 10.0 Å². The van der Waals surface area contributed by atoms with Gasteiger partial charge in [0.1, 0.15) is 4.90 Å². The molecule has 0 unspecified atom stereocenters. The van der Waals surface area contributed by atoms with Gasteiger partial charge in [-0.3, -0.25) is 4.68 Å². The number of hydrogen-bond donors (Lipinski definition) is 1. The molecule has 1 N–H and O–H groups in total. The summed E-state index contributed by atoms with van der Waals surface area (Å²) >= 11 is 1.67. The molecule has 1 aliphatic carbocycles. The fraction of sp³-hybridized carbons (Fsp3) is 0.562. The van der Waals surface area contributed by atoms with E-state index < -0.39 is 10.0 Å². The van der Waals surface area contributed by atoms with Gasteiger partial charge in [0.25, 0.3) is 0 Å². The van der Waals surface area contributed by atoms with Gasteiger partial charge in [0.05, 0.1) is 11.4 Å². The summed E-state index contributed by atoms with van der Waals surface area (Å²) in [5.41, 5.74) is 2.43. The Labute approximate surface area is 141 Å². The van der Waals surface area contributed by atoms with Gasteiger partial charge in [-0.2, -0.15) is 16.4 Å². The predicted molar refractivity (Wildman–Crippen MR) is 92.3 cm³/mol. The largest absolute Gasteiger partial charge is 0.271 e. The van der Waals surface area contributed by atoms with Gasteiger partial charge in [-0.25, -0.2) is 13.1 Å². The van der Waals surface area contributed by atoms with Crippen molar-refractivity contribution in [1.82, 2.24) is 14.5 Å². The quantitative estimate of drug-likeness (QED) is 0.899. The zero-order valence-corrected chi connectivity index (χ0v) is 15.4. The Morgan fingerprint density at radius 1 is 1.35 bits per heavy atom. The second-order valence-electron chi connectivity index (χ2n) is 6.45. The van der Waals surface area contributed by atoms with E-state index >= 15 is 0 Å². The monoisotopic (exact) mass is 353 g/mol. The maximum absolute atomic E-state index is 12.8. The lowest BCUT2D eigenvalue weighted by molar-refractivity contribution is 0.433. The summed E-state index contributed by atoms with van der Waals surface area (Å²) in [6.07, 6.45) is 4.39. The third-order valence-electron chi connectivity index (χ3n) is 5.01. The van der Waals surface area contributed by atoms with E-state index in [1.807, 2.05) is 0 Å². The third-order valence-corrected chi connectivity index (χ3v) is 7.34. The smallest absolute Gasteiger partial charge is 0.244 e. The molecule has 0 bridgehead atoms. The van der Waals surface area contributed by atoms with Crippen LogP contribution in [0.25, 0.3) is 0 Å². The lowest BCUT2D eigenvalue weighted by Gasteiger charge is -2.28. The van der Waals surface area contributed by atoms with E-state index in [1.165, 1.54) is 5.56 Å². The van der Waals surface area contributed by atoms with Gasteiger partial charge in [-0.05, 0) is 49.1 Å². The topological polar surface area (TPSA) is 64.0 Å². The van der Waals surface area contributed by atoms with Crippen molar-refractivity contribution in [2.24, 2.45) is 7.05 Å². The van der Waals surface area contributed by atoms with Crippen molar-refractivity contribution in [3.63, 3.8) is 0 Å². The second-order valence-corrected chi connectivity index (χ2v) is 8.93. The molecule has 2 heterocycles. The van der Waals surface area contributed by atoms with Gasteiger partial charge in [-0.15, -0.1) is 0 Å². The minimum Gasteiger partial charge on any atom is -0.271 e. The average Bonchev–Trinajstić information content (AvgIpc) is 3.20. The predicted octanol–water partition coefficient (Wildman–Crippen LogP) is 2.89. The minimum atomic E-state index is -3.55. The summed E-state index contributed by atoms with van der Waals surface area (Å²) in [5, 5.41) is 8.44. The van der Waals surface area contributed by atoms with Crippen LogP contribution in [0.1, 0.15) is 42.6 Å². The molecule has 1 aliphatic rings. The Kier molecular flexibility index (Phi) is 4.37. The first-order chi connectivity index (χ1) is 10.9. The van der Waals surface area contributed by atoms with Crippen molar-refractivity contribution in [1.29, 1.82) is 0 Å². The number of aromatic nitrogens is 2. The molecule has 7 heteroatoms. The van der Waals surface area contributed by atoms with Gasteiger partial charge in [-0.1, -0.05) is 12.8 Å². The van der Waals surface area contributed by atoms with E-state index in [1.54, 1.807) is 36.9 Å². The van der Waals surface area contributed by atoms with Crippen molar-refractivity contribution < 1.29 is 8.42 Å². The third kappa shape index (κ3) is 2.97. The summed E-state index contributed by atoms with van der Waals surface area (Å²) in [4.78, 5) is 0.318. The molecular formula is C16H23N3O2S2. The zero-order valence-electron chi connectivity index (χ0n) is 13.8. The van der Waals surface area contributed by atoms with Gasteiger partial charge in [0, 0.05) is 19.0 Å². The van der Waals surface area contributed by atoms with Crippen LogP contribution in [0.2, 0.25) is 0 Å². The number of thiophene rings is 1. The first kappa shape index (κ1) is 16.7. The number of aryl methyl sites for hydroxylation is 2. The standard InChI is InChI=1S/C16H23N3O2S2/c1-12-15(13(2)19(3)18-12)23(20,21)17-11-16(7-4-5-8-16)14-6-9-22-10-14/h6,9-10,17H,4-5,7-8,11H2,1-3H3. The van der Waals surface area contributed by atoms with Crippen LogP contribution in [-0.4, -0.2) is 24.7 Å². The SMILES string of the molecule is Cc1nn(C)c(C)c1S(=O)(=O)NCC1(c2ccsc2)CCCC1. The molecule has 0 aliphatic heterocycles. The summed E-state index contributed by atoms with van der Waals surface area (Å²) in [7, 11) is -1.78. The van der Waals surface area contributed by atoms with E-state index in [0.29, 0.717) is 22.8 Å². The fourth-order valence-corrected chi connectivity index (χ4v) is 5.97. The highest BCUT2D eigenvalue weighted by Crippen LogP contribution is 2.41. The molecule has 0 amide bonds. The van der Waals surface area contributed by atoms with Crippen LogP contribution < -0.4 is 4.72 Å². The first-order valence-corrected chi connectivity index (χ1v) is 10.3. The summed E-state index contributed by atoms with van der Waals surface area (Å²) in [5.74, 6) is 0. The fourth-order valence-electron chi connectivity index (χ4n) is 3.63. The molecule has 126 valence electrons.